The maximum absolute atomic E-state index is 11.8. The topological polar surface area (TPSA) is 43.4 Å². The number of carbonyl (C=O) groups excluding carboxylic acids is 2. The normalized spacial score (nSPS) is 56.2. The average Bonchev–Trinajstić information content (AvgIpc) is 2.86. The highest BCUT2D eigenvalue weighted by Crippen LogP contribution is 2.76. The van der Waals surface area contributed by atoms with Crippen molar-refractivity contribution >= 4 is 11.9 Å². The Bertz CT molecular complexity index is 509. The number of cyclic esters (lactones) is 2. The van der Waals surface area contributed by atoms with E-state index in [9.17, 15) is 9.59 Å². The number of rotatable bonds is 0. The van der Waals surface area contributed by atoms with Gasteiger partial charge in [0.2, 0.25) is 0 Å². The Morgan fingerprint density at radius 2 is 1.81 bits per heavy atom. The maximum Gasteiger partial charge on any atom is 0.318 e. The monoisotopic (exact) mass is 214 g/mol. The fourth-order valence-electron chi connectivity index (χ4n) is 4.73. The lowest BCUT2D eigenvalue weighted by Gasteiger charge is -2.55. The van der Waals surface area contributed by atoms with E-state index in [1.54, 1.807) is 0 Å². The van der Waals surface area contributed by atoms with Crippen LogP contribution in [-0.4, -0.2) is 11.9 Å². The molecule has 0 aromatic carbocycles. The van der Waals surface area contributed by atoms with Crippen LogP contribution in [0.5, 0.6) is 0 Å². The van der Waals surface area contributed by atoms with Crippen LogP contribution in [0.3, 0.4) is 0 Å². The van der Waals surface area contributed by atoms with Crippen LogP contribution in [0.1, 0.15) is 0 Å². The van der Waals surface area contributed by atoms with E-state index < -0.39 is 0 Å². The summed E-state index contributed by atoms with van der Waals surface area (Å²) in [6, 6.07) is 0. The molecule has 80 valence electrons. The van der Waals surface area contributed by atoms with Crippen LogP contribution in [0.15, 0.2) is 24.3 Å². The smallest absolute Gasteiger partial charge is 0.318 e. The Hall–Kier alpha value is -1.38. The van der Waals surface area contributed by atoms with E-state index in [0.717, 1.165) is 0 Å². The van der Waals surface area contributed by atoms with Gasteiger partial charge >= 0.3 is 11.9 Å². The van der Waals surface area contributed by atoms with E-state index in [1.165, 1.54) is 0 Å². The van der Waals surface area contributed by atoms with Gasteiger partial charge in [-0.2, -0.15) is 0 Å². The Kier molecular flexibility index (Phi) is 0.938. The van der Waals surface area contributed by atoms with Crippen molar-refractivity contribution in [3.05, 3.63) is 24.3 Å². The van der Waals surface area contributed by atoms with E-state index in [4.69, 9.17) is 4.74 Å². The minimum absolute atomic E-state index is 0.0789. The highest BCUT2D eigenvalue weighted by molar-refractivity contribution is 5.99. The third-order valence-corrected chi connectivity index (χ3v) is 5.44. The van der Waals surface area contributed by atoms with Gasteiger partial charge in [-0.3, -0.25) is 9.59 Å². The average molecular weight is 214 g/mol. The number of ether oxygens (including phenoxy) is 1. The molecule has 6 unspecified atom stereocenters. The summed E-state index contributed by atoms with van der Waals surface area (Å²) in [5, 5.41) is 0. The molecule has 0 radical (unpaired) electrons. The van der Waals surface area contributed by atoms with E-state index >= 15 is 0 Å². The zero-order valence-electron chi connectivity index (χ0n) is 8.50. The van der Waals surface area contributed by atoms with Gasteiger partial charge in [-0.15, -0.1) is 0 Å². The van der Waals surface area contributed by atoms with Crippen LogP contribution in [0.2, 0.25) is 0 Å². The second-order valence-corrected chi connectivity index (χ2v) is 5.72. The molecule has 5 rings (SSSR count). The largest absolute Gasteiger partial charge is 0.393 e. The molecule has 0 amide bonds. The lowest BCUT2D eigenvalue weighted by molar-refractivity contribution is -0.158. The highest BCUT2D eigenvalue weighted by atomic mass is 16.6. The molecule has 2 saturated carbocycles. The van der Waals surface area contributed by atoms with Crippen molar-refractivity contribution in [3.8, 4) is 0 Å². The Morgan fingerprint density at radius 1 is 1.06 bits per heavy atom. The fourth-order valence-corrected chi connectivity index (χ4v) is 4.73. The molecule has 1 aliphatic heterocycles. The van der Waals surface area contributed by atoms with Gasteiger partial charge < -0.3 is 4.74 Å². The van der Waals surface area contributed by atoms with E-state index in [-0.39, 0.29) is 29.2 Å². The summed E-state index contributed by atoms with van der Waals surface area (Å²) in [5.41, 5.74) is -0.0789. The fraction of sp³-hybridized carbons (Fsp3) is 0.538. The molecular weight excluding hydrogens is 204 g/mol. The van der Waals surface area contributed by atoms with Crippen LogP contribution < -0.4 is 0 Å². The molecule has 3 heteroatoms. The molecule has 0 bridgehead atoms. The minimum atomic E-state index is -0.284. The van der Waals surface area contributed by atoms with Gasteiger partial charge in [0.25, 0.3) is 0 Å². The predicted molar refractivity (Wildman–Crippen MR) is 52.8 cm³/mol. The summed E-state index contributed by atoms with van der Waals surface area (Å²) in [6.07, 6.45) is 8.68. The van der Waals surface area contributed by atoms with Gasteiger partial charge in [-0.25, -0.2) is 0 Å². The molecule has 0 aromatic rings. The van der Waals surface area contributed by atoms with Crippen molar-refractivity contribution in [2.75, 3.05) is 0 Å². The van der Waals surface area contributed by atoms with E-state index in [0.29, 0.717) is 23.7 Å². The first-order valence-corrected chi connectivity index (χ1v) is 5.88. The SMILES string of the molecule is O=C1OC(=O)C2C1C1C3C=CC3C1C21C=C1. The van der Waals surface area contributed by atoms with Crippen molar-refractivity contribution in [1.82, 2.24) is 0 Å². The van der Waals surface area contributed by atoms with Crippen molar-refractivity contribution < 1.29 is 14.3 Å². The van der Waals surface area contributed by atoms with E-state index in [1.807, 2.05) is 0 Å². The molecule has 6 atom stereocenters. The first kappa shape index (κ1) is 7.82. The second kappa shape index (κ2) is 1.92. The molecule has 5 aliphatic rings. The standard InChI is InChI=1S/C13H10O3/c14-11-8-7-5-1-2-6(5)9(7)13(3-4-13)10(8)12(15)16-11/h1-10H. The molecule has 4 aliphatic carbocycles. The molecule has 3 fully saturated rings. The summed E-state index contributed by atoms with van der Waals surface area (Å²) in [7, 11) is 0. The van der Waals surface area contributed by atoms with Crippen LogP contribution >= 0.6 is 0 Å². The Balaban J connectivity index is 1.69. The highest BCUT2D eigenvalue weighted by Gasteiger charge is 2.78. The van der Waals surface area contributed by atoms with Crippen molar-refractivity contribution in [2.45, 2.75) is 0 Å². The molecule has 1 heterocycles. The van der Waals surface area contributed by atoms with Crippen LogP contribution in [0.4, 0.5) is 0 Å². The lowest BCUT2D eigenvalue weighted by Crippen LogP contribution is -2.52. The maximum atomic E-state index is 11.8. The number of fused-ring (bicyclic) bond motifs is 8. The summed E-state index contributed by atoms with van der Waals surface area (Å²) < 4.78 is 4.82. The lowest BCUT2D eigenvalue weighted by atomic mass is 9.49. The molecule has 1 saturated heterocycles. The van der Waals surface area contributed by atoms with Crippen molar-refractivity contribution in [1.29, 1.82) is 0 Å². The van der Waals surface area contributed by atoms with Gasteiger partial charge in [0.1, 0.15) is 0 Å². The number of hydrogen-bond donors (Lipinski definition) is 0. The van der Waals surface area contributed by atoms with Crippen LogP contribution in [-0.2, 0) is 14.3 Å². The summed E-state index contributed by atoms with van der Waals surface area (Å²) in [6.45, 7) is 0. The number of carbonyl (C=O) groups is 2. The van der Waals surface area contributed by atoms with Gasteiger partial charge in [-0.1, -0.05) is 24.3 Å². The van der Waals surface area contributed by atoms with Gasteiger partial charge in [0.15, 0.2) is 0 Å². The van der Waals surface area contributed by atoms with E-state index in [2.05, 4.69) is 24.3 Å². The van der Waals surface area contributed by atoms with Gasteiger partial charge in [0.05, 0.1) is 11.8 Å². The minimum Gasteiger partial charge on any atom is -0.393 e. The molecular formula is C13H10O3. The van der Waals surface area contributed by atoms with Gasteiger partial charge in [0, 0.05) is 5.41 Å². The number of hydrogen-bond acceptors (Lipinski definition) is 3. The van der Waals surface area contributed by atoms with Crippen LogP contribution in [0.25, 0.3) is 0 Å². The number of allylic oxidation sites excluding steroid dienone is 4. The third-order valence-electron chi connectivity index (χ3n) is 5.44. The van der Waals surface area contributed by atoms with Gasteiger partial charge in [-0.05, 0) is 23.7 Å². The Morgan fingerprint density at radius 3 is 2.44 bits per heavy atom. The molecule has 16 heavy (non-hydrogen) atoms. The number of esters is 2. The molecule has 3 nitrogen and oxygen atoms in total. The Labute approximate surface area is 92.1 Å². The second-order valence-electron chi connectivity index (χ2n) is 5.72. The summed E-state index contributed by atoms with van der Waals surface area (Å²) in [4.78, 5) is 23.5. The molecule has 1 spiro atoms. The van der Waals surface area contributed by atoms with Crippen molar-refractivity contribution in [3.63, 3.8) is 0 Å². The summed E-state index contributed by atoms with van der Waals surface area (Å²) >= 11 is 0. The first-order chi connectivity index (χ1) is 7.74. The first-order valence-electron chi connectivity index (χ1n) is 5.88. The third kappa shape index (κ3) is 0.532. The predicted octanol–water partition coefficient (Wildman–Crippen LogP) is 0.920. The zero-order chi connectivity index (χ0) is 10.7. The zero-order valence-corrected chi connectivity index (χ0v) is 8.50. The quantitative estimate of drug-likeness (QED) is 0.342. The van der Waals surface area contributed by atoms with Crippen molar-refractivity contribution in [2.24, 2.45) is 40.9 Å². The summed E-state index contributed by atoms with van der Waals surface area (Å²) in [5.74, 6) is 1.14. The van der Waals surface area contributed by atoms with Crippen LogP contribution in [0, 0.1) is 40.9 Å². The molecule has 0 aromatic heterocycles. The molecule has 0 N–H and O–H groups in total.